The van der Waals surface area contributed by atoms with Gasteiger partial charge >= 0.3 is 0 Å². The summed E-state index contributed by atoms with van der Waals surface area (Å²) in [6, 6.07) is 21.0. The zero-order chi connectivity index (χ0) is 26.6. The molecule has 1 saturated heterocycles. The second-order valence-electron chi connectivity index (χ2n) is 8.72. The minimum atomic E-state index is -4.37. The van der Waals surface area contributed by atoms with Crippen molar-refractivity contribution < 1.29 is 39.8 Å². The first kappa shape index (κ1) is 27.4. The molecule has 0 saturated carbocycles. The van der Waals surface area contributed by atoms with E-state index in [4.69, 9.17) is 17.8 Å². The van der Waals surface area contributed by atoms with Gasteiger partial charge in [0.1, 0.15) is 12.2 Å². The van der Waals surface area contributed by atoms with Crippen LogP contribution in [0.2, 0.25) is 0 Å². The molecule has 1 fully saturated rings. The zero-order valence-corrected chi connectivity index (χ0v) is 21.9. The van der Waals surface area contributed by atoms with Gasteiger partial charge in [0.25, 0.3) is 20.2 Å². The lowest BCUT2D eigenvalue weighted by Crippen LogP contribution is -2.56. The molecule has 1 heterocycles. The quantitative estimate of drug-likeness (QED) is 0.402. The molecule has 198 valence electrons. The number of aryl methyl sites for hydroxylation is 2. The first-order valence-corrected chi connectivity index (χ1v) is 14.3. The van der Waals surface area contributed by atoms with Gasteiger partial charge in [-0.15, -0.1) is 0 Å². The zero-order valence-electron chi connectivity index (χ0n) is 20.3. The van der Waals surface area contributed by atoms with Crippen molar-refractivity contribution in [1.29, 1.82) is 0 Å². The van der Waals surface area contributed by atoms with Crippen LogP contribution >= 0.6 is 0 Å². The Morgan fingerprint density at radius 1 is 0.784 bits per heavy atom. The molecule has 3 aromatic rings. The predicted octanol–water partition coefficient (Wildman–Crippen LogP) is 3.09. The average Bonchev–Trinajstić information content (AvgIpc) is 2.87. The number of hydrogen-bond acceptors (Lipinski definition) is 9. The SMILES string of the molecule is Cc1ccc(S(=O)(=O)OC2COC(OCc3ccccc3)C(OS(=O)(=O)c3ccc(C)cc3)C2O)cc1. The van der Waals surface area contributed by atoms with Crippen molar-refractivity contribution in [2.24, 2.45) is 0 Å². The molecule has 1 aliphatic rings. The molecule has 4 unspecified atom stereocenters. The lowest BCUT2D eigenvalue weighted by atomic mass is 10.1. The fourth-order valence-corrected chi connectivity index (χ4v) is 5.82. The summed E-state index contributed by atoms with van der Waals surface area (Å²) in [6.07, 6.45) is -6.09. The van der Waals surface area contributed by atoms with Crippen molar-refractivity contribution in [3.05, 3.63) is 95.6 Å². The van der Waals surface area contributed by atoms with Crippen LogP contribution in [-0.4, -0.2) is 53.2 Å². The van der Waals surface area contributed by atoms with Gasteiger partial charge in [-0.2, -0.15) is 16.8 Å². The topological polar surface area (TPSA) is 125 Å². The number of rotatable bonds is 9. The van der Waals surface area contributed by atoms with Gasteiger partial charge in [0.05, 0.1) is 23.0 Å². The number of aliphatic hydroxyl groups excluding tert-OH is 1. The van der Waals surface area contributed by atoms with E-state index in [1.807, 2.05) is 25.1 Å². The van der Waals surface area contributed by atoms with Crippen LogP contribution in [0.1, 0.15) is 16.7 Å². The molecule has 9 nitrogen and oxygen atoms in total. The van der Waals surface area contributed by atoms with Gasteiger partial charge < -0.3 is 14.6 Å². The van der Waals surface area contributed by atoms with Crippen LogP contribution in [0.3, 0.4) is 0 Å². The van der Waals surface area contributed by atoms with Crippen LogP contribution in [0.5, 0.6) is 0 Å². The van der Waals surface area contributed by atoms with Crippen LogP contribution in [0.25, 0.3) is 0 Å². The van der Waals surface area contributed by atoms with Gasteiger partial charge in [0.2, 0.25) is 0 Å². The molecule has 0 spiro atoms. The summed E-state index contributed by atoms with van der Waals surface area (Å²) < 4.78 is 73.7. The summed E-state index contributed by atoms with van der Waals surface area (Å²) in [5, 5.41) is 11.1. The molecule has 4 atom stereocenters. The van der Waals surface area contributed by atoms with E-state index in [1.54, 1.807) is 43.3 Å². The van der Waals surface area contributed by atoms with Crippen molar-refractivity contribution >= 4 is 20.2 Å². The summed E-state index contributed by atoms with van der Waals surface area (Å²) in [7, 11) is -8.67. The van der Waals surface area contributed by atoms with E-state index in [2.05, 4.69) is 0 Å². The molecule has 0 radical (unpaired) electrons. The molecule has 3 aromatic carbocycles. The number of benzene rings is 3. The Hall–Kier alpha value is -2.64. The lowest BCUT2D eigenvalue weighted by molar-refractivity contribution is -0.262. The highest BCUT2D eigenvalue weighted by Crippen LogP contribution is 2.28. The van der Waals surface area contributed by atoms with Crippen LogP contribution < -0.4 is 0 Å². The Labute approximate surface area is 216 Å². The Morgan fingerprint density at radius 3 is 1.84 bits per heavy atom. The largest absolute Gasteiger partial charge is 0.387 e. The van der Waals surface area contributed by atoms with E-state index < -0.39 is 44.8 Å². The van der Waals surface area contributed by atoms with E-state index in [0.29, 0.717) is 0 Å². The van der Waals surface area contributed by atoms with Crippen molar-refractivity contribution in [2.75, 3.05) is 6.61 Å². The van der Waals surface area contributed by atoms with Gasteiger partial charge in [-0.25, -0.2) is 0 Å². The number of ether oxygens (including phenoxy) is 2. The maximum Gasteiger partial charge on any atom is 0.297 e. The highest BCUT2D eigenvalue weighted by atomic mass is 32.2. The number of aliphatic hydroxyl groups is 1. The van der Waals surface area contributed by atoms with E-state index in [-0.39, 0.29) is 23.0 Å². The predicted molar refractivity (Wildman–Crippen MR) is 133 cm³/mol. The van der Waals surface area contributed by atoms with Gasteiger partial charge in [0.15, 0.2) is 12.4 Å². The first-order valence-electron chi connectivity index (χ1n) is 11.5. The molecule has 0 bridgehead atoms. The van der Waals surface area contributed by atoms with Crippen LogP contribution in [0.4, 0.5) is 0 Å². The van der Waals surface area contributed by atoms with Gasteiger partial charge in [-0.1, -0.05) is 65.7 Å². The molecule has 1 N–H and O–H groups in total. The van der Waals surface area contributed by atoms with E-state index in [0.717, 1.165) is 16.7 Å². The maximum atomic E-state index is 13.0. The third-order valence-corrected chi connectivity index (χ3v) is 8.45. The summed E-state index contributed by atoms with van der Waals surface area (Å²) in [5.41, 5.74) is 2.48. The van der Waals surface area contributed by atoms with Crippen molar-refractivity contribution in [2.45, 2.75) is 54.8 Å². The highest BCUT2D eigenvalue weighted by Gasteiger charge is 2.46. The van der Waals surface area contributed by atoms with Crippen molar-refractivity contribution in [1.82, 2.24) is 0 Å². The van der Waals surface area contributed by atoms with Crippen LogP contribution in [-0.2, 0) is 44.7 Å². The monoisotopic (exact) mass is 548 g/mol. The second-order valence-corrected chi connectivity index (χ2v) is 11.9. The fraction of sp³-hybridized carbons (Fsp3) is 0.308. The minimum Gasteiger partial charge on any atom is -0.387 e. The third-order valence-electron chi connectivity index (χ3n) is 5.77. The standard InChI is InChI=1S/C26H28O9S2/c1-18-8-12-21(13-9-18)36(28,29)34-23-17-33-26(32-16-20-6-4-3-5-7-20)25(24(23)27)35-37(30,31)22-14-10-19(2)11-15-22/h3-15,23-27H,16-17H2,1-2H3. The molecule has 4 rings (SSSR count). The number of hydrogen-bond donors (Lipinski definition) is 1. The molecule has 0 aliphatic carbocycles. The Kier molecular flexibility index (Phi) is 8.44. The Morgan fingerprint density at radius 2 is 1.30 bits per heavy atom. The third kappa shape index (κ3) is 6.82. The Bertz CT molecular complexity index is 1390. The van der Waals surface area contributed by atoms with E-state index in [9.17, 15) is 21.9 Å². The molecule has 0 amide bonds. The lowest BCUT2D eigenvalue weighted by Gasteiger charge is -2.38. The molecule has 11 heteroatoms. The molecule has 0 aromatic heterocycles. The first-order chi connectivity index (χ1) is 17.5. The minimum absolute atomic E-state index is 0.0376. The summed E-state index contributed by atoms with van der Waals surface area (Å²) in [5.74, 6) is 0. The van der Waals surface area contributed by atoms with Gasteiger partial charge in [-0.3, -0.25) is 8.37 Å². The summed E-state index contributed by atoms with van der Waals surface area (Å²) in [4.78, 5) is -0.250. The van der Waals surface area contributed by atoms with Crippen molar-refractivity contribution in [3.63, 3.8) is 0 Å². The second kappa shape index (κ2) is 11.4. The summed E-state index contributed by atoms with van der Waals surface area (Å²) in [6.45, 7) is 3.27. The Balaban J connectivity index is 1.57. The maximum absolute atomic E-state index is 13.0. The molecule has 37 heavy (non-hydrogen) atoms. The van der Waals surface area contributed by atoms with Gasteiger partial charge in [-0.05, 0) is 43.7 Å². The van der Waals surface area contributed by atoms with E-state index in [1.165, 1.54) is 24.3 Å². The molecular formula is C26H28O9S2. The highest BCUT2D eigenvalue weighted by molar-refractivity contribution is 7.87. The molecule has 1 aliphatic heterocycles. The smallest absolute Gasteiger partial charge is 0.297 e. The van der Waals surface area contributed by atoms with Crippen LogP contribution in [0, 0.1) is 13.8 Å². The van der Waals surface area contributed by atoms with Crippen LogP contribution in [0.15, 0.2) is 88.7 Å². The normalized spacial score (nSPS) is 22.6. The average molecular weight is 549 g/mol. The van der Waals surface area contributed by atoms with Crippen molar-refractivity contribution in [3.8, 4) is 0 Å². The van der Waals surface area contributed by atoms with E-state index >= 15 is 0 Å². The van der Waals surface area contributed by atoms with Gasteiger partial charge in [0, 0.05) is 0 Å². The fourth-order valence-electron chi connectivity index (χ4n) is 3.67. The summed E-state index contributed by atoms with van der Waals surface area (Å²) >= 11 is 0. The molecular weight excluding hydrogens is 520 g/mol.